The summed E-state index contributed by atoms with van der Waals surface area (Å²) in [6.45, 7) is 8.56. The third-order valence-corrected chi connectivity index (χ3v) is 6.59. The molecule has 0 radical (unpaired) electrons. The Kier molecular flexibility index (Phi) is 9.09. The summed E-state index contributed by atoms with van der Waals surface area (Å²) in [5.41, 5.74) is 0.968. The number of rotatable bonds is 9. The van der Waals surface area contributed by atoms with Crippen molar-refractivity contribution in [1.82, 2.24) is 15.4 Å². The second kappa shape index (κ2) is 11.1. The lowest BCUT2D eigenvalue weighted by Gasteiger charge is -2.30. The monoisotopic (exact) mass is 440 g/mol. The van der Waals surface area contributed by atoms with E-state index < -0.39 is 10.0 Å². The number of hydrogen-bond donors (Lipinski definition) is 3. The van der Waals surface area contributed by atoms with E-state index in [1.807, 2.05) is 0 Å². The molecule has 3 N–H and O–H groups in total. The largest absolute Gasteiger partial charge is 0.379 e. The lowest BCUT2D eigenvalue weighted by Crippen LogP contribution is -2.45. The van der Waals surface area contributed by atoms with E-state index in [1.54, 1.807) is 38.4 Å². The molecule has 0 aromatic heterocycles. The highest BCUT2D eigenvalue weighted by atomic mass is 32.2. The highest BCUT2D eigenvalue weighted by Gasteiger charge is 2.24. The summed E-state index contributed by atoms with van der Waals surface area (Å²) in [6.07, 6.45) is 1.89. The lowest BCUT2D eigenvalue weighted by molar-refractivity contribution is 0.0205. The molecule has 1 aromatic carbocycles. The SMILES string of the molecule is CN=C(NCc1ccc(S(=O)(=O)NCC2CCCO2)cc1)NCC(OC)C(C)(C)C. The van der Waals surface area contributed by atoms with Crippen molar-refractivity contribution in [3.63, 3.8) is 0 Å². The van der Waals surface area contributed by atoms with Crippen LogP contribution in [0.3, 0.4) is 0 Å². The molecule has 1 saturated heterocycles. The first kappa shape index (κ1) is 24.6. The Bertz CT molecular complexity index is 782. The van der Waals surface area contributed by atoms with Crippen molar-refractivity contribution >= 4 is 16.0 Å². The molecule has 1 aromatic rings. The minimum atomic E-state index is -3.54. The number of ether oxygens (including phenoxy) is 2. The van der Waals surface area contributed by atoms with E-state index in [2.05, 4.69) is 41.1 Å². The Balaban J connectivity index is 1.85. The average molecular weight is 441 g/mol. The maximum Gasteiger partial charge on any atom is 0.240 e. The number of sulfonamides is 1. The molecule has 9 heteroatoms. The van der Waals surface area contributed by atoms with Gasteiger partial charge in [0.1, 0.15) is 0 Å². The quantitative estimate of drug-likeness (QED) is 0.400. The zero-order valence-corrected chi connectivity index (χ0v) is 19.5. The number of nitrogens with zero attached hydrogens (tertiary/aromatic N) is 1. The molecule has 0 aliphatic carbocycles. The van der Waals surface area contributed by atoms with Crippen molar-refractivity contribution in [1.29, 1.82) is 0 Å². The van der Waals surface area contributed by atoms with Gasteiger partial charge in [-0.3, -0.25) is 4.99 Å². The maximum atomic E-state index is 12.4. The van der Waals surface area contributed by atoms with Crippen LogP contribution in [-0.2, 0) is 26.0 Å². The zero-order valence-electron chi connectivity index (χ0n) is 18.7. The smallest absolute Gasteiger partial charge is 0.240 e. The van der Waals surface area contributed by atoms with Gasteiger partial charge in [0.15, 0.2) is 5.96 Å². The molecule has 0 bridgehead atoms. The van der Waals surface area contributed by atoms with Gasteiger partial charge in [-0.1, -0.05) is 32.9 Å². The molecule has 0 saturated carbocycles. The Hall–Kier alpha value is -1.68. The van der Waals surface area contributed by atoms with E-state index in [1.165, 1.54) is 0 Å². The fourth-order valence-electron chi connectivity index (χ4n) is 3.22. The number of nitrogens with one attached hydrogen (secondary N) is 3. The topological polar surface area (TPSA) is 101 Å². The van der Waals surface area contributed by atoms with Crippen LogP contribution < -0.4 is 15.4 Å². The number of hydrogen-bond acceptors (Lipinski definition) is 5. The predicted octanol–water partition coefficient (Wildman–Crippen LogP) is 1.87. The molecule has 0 spiro atoms. The standard InChI is InChI=1S/C21H36N4O4S/c1-21(2,3)19(28-5)15-24-20(22-4)23-13-16-8-10-18(11-9-16)30(26,27)25-14-17-7-6-12-29-17/h8-11,17,19,25H,6-7,12-15H2,1-5H3,(H2,22,23,24). The molecule has 2 atom stereocenters. The second-order valence-corrected chi connectivity index (χ2v) is 10.3. The molecule has 0 amide bonds. The summed E-state index contributed by atoms with van der Waals surface area (Å²) in [6, 6.07) is 6.83. The third-order valence-electron chi connectivity index (χ3n) is 5.15. The molecule has 1 aliphatic rings. The molecule has 170 valence electrons. The highest BCUT2D eigenvalue weighted by molar-refractivity contribution is 7.89. The van der Waals surface area contributed by atoms with Gasteiger partial charge < -0.3 is 20.1 Å². The van der Waals surface area contributed by atoms with Crippen molar-refractivity contribution < 1.29 is 17.9 Å². The van der Waals surface area contributed by atoms with Gasteiger partial charge in [0.25, 0.3) is 0 Å². The van der Waals surface area contributed by atoms with Crippen molar-refractivity contribution in [2.75, 3.05) is 33.9 Å². The molecular formula is C21H36N4O4S. The third kappa shape index (κ3) is 7.54. The van der Waals surface area contributed by atoms with Gasteiger partial charge in [0, 0.05) is 40.4 Å². The first-order chi connectivity index (χ1) is 14.2. The number of aliphatic imine (C=N–C) groups is 1. The Morgan fingerprint density at radius 3 is 2.50 bits per heavy atom. The van der Waals surface area contributed by atoms with Gasteiger partial charge in [-0.2, -0.15) is 0 Å². The van der Waals surface area contributed by atoms with Crippen LogP contribution in [0.1, 0.15) is 39.2 Å². The number of guanidine groups is 1. The van der Waals surface area contributed by atoms with Crippen LogP contribution in [0.2, 0.25) is 0 Å². The Morgan fingerprint density at radius 1 is 1.27 bits per heavy atom. The number of benzene rings is 1. The van der Waals surface area contributed by atoms with Crippen molar-refractivity contribution in [3.8, 4) is 0 Å². The lowest BCUT2D eigenvalue weighted by atomic mass is 9.89. The van der Waals surface area contributed by atoms with Crippen LogP contribution in [0.15, 0.2) is 34.2 Å². The molecule has 1 fully saturated rings. The van der Waals surface area contributed by atoms with Gasteiger partial charge in [-0.15, -0.1) is 0 Å². The first-order valence-corrected chi connectivity index (χ1v) is 11.8. The predicted molar refractivity (Wildman–Crippen MR) is 119 cm³/mol. The Labute approximate surface area is 180 Å². The normalized spacial score (nSPS) is 19.0. The summed E-state index contributed by atoms with van der Waals surface area (Å²) in [7, 11) is -0.117. The van der Waals surface area contributed by atoms with E-state index >= 15 is 0 Å². The van der Waals surface area contributed by atoms with Gasteiger partial charge >= 0.3 is 0 Å². The van der Waals surface area contributed by atoms with Gasteiger partial charge in [0.2, 0.25) is 10.0 Å². The minimum Gasteiger partial charge on any atom is -0.379 e. The van der Waals surface area contributed by atoms with E-state index in [0.29, 0.717) is 32.2 Å². The number of methoxy groups -OCH3 is 1. The molecule has 1 heterocycles. The summed E-state index contributed by atoms with van der Waals surface area (Å²) < 4.78 is 38.5. The van der Waals surface area contributed by atoms with Crippen LogP contribution in [0.4, 0.5) is 0 Å². The fraction of sp³-hybridized carbons (Fsp3) is 0.667. The van der Waals surface area contributed by atoms with Crippen molar-refractivity contribution in [2.45, 2.75) is 57.3 Å². The van der Waals surface area contributed by atoms with E-state index in [9.17, 15) is 8.42 Å². The van der Waals surface area contributed by atoms with Crippen LogP contribution in [-0.4, -0.2) is 60.4 Å². The zero-order chi connectivity index (χ0) is 22.2. The summed E-state index contributed by atoms with van der Waals surface area (Å²) in [5, 5.41) is 6.51. The Morgan fingerprint density at radius 2 is 1.97 bits per heavy atom. The molecule has 2 unspecified atom stereocenters. The summed E-state index contributed by atoms with van der Waals surface area (Å²) in [5.74, 6) is 0.663. The average Bonchev–Trinajstić information content (AvgIpc) is 3.22. The summed E-state index contributed by atoms with van der Waals surface area (Å²) >= 11 is 0. The van der Waals surface area contributed by atoms with Crippen LogP contribution >= 0.6 is 0 Å². The maximum absolute atomic E-state index is 12.4. The van der Waals surface area contributed by atoms with E-state index in [0.717, 1.165) is 18.4 Å². The molecule has 1 aliphatic heterocycles. The second-order valence-electron chi connectivity index (χ2n) is 8.53. The van der Waals surface area contributed by atoms with Gasteiger partial charge in [-0.05, 0) is 36.0 Å². The van der Waals surface area contributed by atoms with Crippen molar-refractivity contribution in [3.05, 3.63) is 29.8 Å². The van der Waals surface area contributed by atoms with Crippen molar-refractivity contribution in [2.24, 2.45) is 10.4 Å². The van der Waals surface area contributed by atoms with Gasteiger partial charge in [0.05, 0.1) is 17.1 Å². The van der Waals surface area contributed by atoms with E-state index in [-0.39, 0.29) is 22.5 Å². The molecule has 30 heavy (non-hydrogen) atoms. The highest BCUT2D eigenvalue weighted by Crippen LogP contribution is 2.21. The van der Waals surface area contributed by atoms with Crippen LogP contribution in [0.5, 0.6) is 0 Å². The van der Waals surface area contributed by atoms with Crippen LogP contribution in [0, 0.1) is 5.41 Å². The minimum absolute atomic E-state index is 0.0137. The fourth-order valence-corrected chi connectivity index (χ4v) is 4.28. The summed E-state index contributed by atoms with van der Waals surface area (Å²) in [4.78, 5) is 4.48. The first-order valence-electron chi connectivity index (χ1n) is 10.3. The molecule has 8 nitrogen and oxygen atoms in total. The van der Waals surface area contributed by atoms with Crippen LogP contribution in [0.25, 0.3) is 0 Å². The molecule has 2 rings (SSSR count). The van der Waals surface area contributed by atoms with Gasteiger partial charge in [-0.25, -0.2) is 13.1 Å². The molecular weight excluding hydrogens is 404 g/mol. The van der Waals surface area contributed by atoms with E-state index in [4.69, 9.17) is 9.47 Å².